The van der Waals surface area contributed by atoms with E-state index in [1.54, 1.807) is 31.6 Å². The van der Waals surface area contributed by atoms with Crippen LogP contribution in [0.3, 0.4) is 0 Å². The smallest absolute Gasteiger partial charge is 0.414 e. The van der Waals surface area contributed by atoms with Crippen LogP contribution in [0.5, 0.6) is 0 Å². The first-order chi connectivity index (χ1) is 16.8. The van der Waals surface area contributed by atoms with Gasteiger partial charge in [0.1, 0.15) is 11.4 Å². The minimum absolute atomic E-state index is 0.0801. The van der Waals surface area contributed by atoms with Gasteiger partial charge in [-0.2, -0.15) is 0 Å². The van der Waals surface area contributed by atoms with E-state index in [2.05, 4.69) is 60.0 Å². The Morgan fingerprint density at radius 3 is 2.39 bits per heavy atom. The SMILES string of the molecule is CN(C(=O)OC(C)(C)C)c1cccc(-c2nc3ncn(Cc4ccc(C(C)(C)C)cc4)c3c(=O)[nH]2)c1. The van der Waals surface area contributed by atoms with E-state index in [0.29, 0.717) is 34.8 Å². The van der Waals surface area contributed by atoms with Crippen LogP contribution in [-0.4, -0.2) is 38.3 Å². The highest BCUT2D eigenvalue weighted by molar-refractivity contribution is 5.88. The van der Waals surface area contributed by atoms with Crippen molar-refractivity contribution in [1.29, 1.82) is 0 Å². The zero-order valence-corrected chi connectivity index (χ0v) is 21.9. The molecule has 1 amide bonds. The zero-order valence-electron chi connectivity index (χ0n) is 21.9. The summed E-state index contributed by atoms with van der Waals surface area (Å²) in [6.07, 6.45) is 1.17. The lowest BCUT2D eigenvalue weighted by Crippen LogP contribution is -2.34. The molecule has 0 spiro atoms. The molecule has 0 unspecified atom stereocenters. The number of aromatic amines is 1. The molecule has 2 aromatic carbocycles. The number of rotatable bonds is 4. The fraction of sp³-hybridized carbons (Fsp3) is 0.357. The van der Waals surface area contributed by atoms with Gasteiger partial charge in [0.2, 0.25) is 0 Å². The maximum absolute atomic E-state index is 13.1. The summed E-state index contributed by atoms with van der Waals surface area (Å²) in [6.45, 7) is 12.5. The summed E-state index contributed by atoms with van der Waals surface area (Å²) in [5, 5.41) is 0. The van der Waals surface area contributed by atoms with Gasteiger partial charge in [0.25, 0.3) is 5.56 Å². The fourth-order valence-corrected chi connectivity index (χ4v) is 3.85. The number of aromatic nitrogens is 4. The Morgan fingerprint density at radius 1 is 1.06 bits per heavy atom. The molecule has 0 aliphatic heterocycles. The molecule has 0 aliphatic rings. The minimum Gasteiger partial charge on any atom is -0.443 e. The molecular weight excluding hydrogens is 454 g/mol. The Balaban J connectivity index is 1.61. The molecule has 0 bridgehead atoms. The number of fused-ring (bicyclic) bond motifs is 1. The number of carbonyl (C=O) groups excluding carboxylic acids is 1. The number of nitrogens with zero attached hydrogens (tertiary/aromatic N) is 4. The molecule has 8 nitrogen and oxygen atoms in total. The molecule has 188 valence electrons. The summed E-state index contributed by atoms with van der Waals surface area (Å²) in [6, 6.07) is 15.6. The predicted octanol–water partition coefficient (Wildman–Crippen LogP) is 5.50. The molecule has 0 saturated heterocycles. The van der Waals surface area contributed by atoms with Gasteiger partial charge in [-0.25, -0.2) is 14.8 Å². The third-order valence-electron chi connectivity index (χ3n) is 5.83. The molecule has 4 aromatic rings. The van der Waals surface area contributed by atoms with E-state index in [9.17, 15) is 9.59 Å². The molecule has 4 rings (SSSR count). The number of hydrogen-bond donors (Lipinski definition) is 1. The van der Waals surface area contributed by atoms with Gasteiger partial charge in [-0.15, -0.1) is 0 Å². The molecule has 1 N–H and O–H groups in total. The second kappa shape index (κ2) is 9.26. The van der Waals surface area contributed by atoms with Crippen molar-refractivity contribution in [1.82, 2.24) is 19.5 Å². The number of ether oxygens (including phenoxy) is 1. The summed E-state index contributed by atoms with van der Waals surface area (Å²) in [4.78, 5) is 38.8. The van der Waals surface area contributed by atoms with Crippen LogP contribution in [0.4, 0.5) is 10.5 Å². The lowest BCUT2D eigenvalue weighted by molar-refractivity contribution is 0.0589. The largest absolute Gasteiger partial charge is 0.443 e. The van der Waals surface area contributed by atoms with Crippen molar-refractivity contribution in [2.75, 3.05) is 11.9 Å². The van der Waals surface area contributed by atoms with Crippen LogP contribution >= 0.6 is 0 Å². The summed E-state index contributed by atoms with van der Waals surface area (Å²) in [5.74, 6) is 0.381. The monoisotopic (exact) mass is 487 g/mol. The van der Waals surface area contributed by atoms with Crippen LogP contribution in [0.25, 0.3) is 22.6 Å². The lowest BCUT2D eigenvalue weighted by Gasteiger charge is -2.24. The van der Waals surface area contributed by atoms with Gasteiger partial charge in [0.15, 0.2) is 11.2 Å². The molecule has 0 aliphatic carbocycles. The summed E-state index contributed by atoms with van der Waals surface area (Å²) < 4.78 is 7.26. The first-order valence-electron chi connectivity index (χ1n) is 11.9. The molecule has 0 saturated carbocycles. The number of amides is 1. The number of nitrogens with one attached hydrogen (secondary N) is 1. The third kappa shape index (κ3) is 5.48. The average molecular weight is 488 g/mol. The minimum atomic E-state index is -0.603. The van der Waals surface area contributed by atoms with Gasteiger partial charge in [-0.3, -0.25) is 9.69 Å². The number of H-pyrrole nitrogens is 1. The molecule has 0 radical (unpaired) electrons. The van der Waals surface area contributed by atoms with Crippen LogP contribution in [0, 0.1) is 0 Å². The summed E-state index contributed by atoms with van der Waals surface area (Å²) in [7, 11) is 1.64. The van der Waals surface area contributed by atoms with Gasteiger partial charge in [-0.05, 0) is 49.4 Å². The zero-order chi connectivity index (χ0) is 26.3. The van der Waals surface area contributed by atoms with Crippen LogP contribution in [-0.2, 0) is 16.7 Å². The summed E-state index contributed by atoms with van der Waals surface area (Å²) in [5.41, 5.74) is 3.60. The van der Waals surface area contributed by atoms with E-state index in [1.807, 2.05) is 31.4 Å². The van der Waals surface area contributed by atoms with E-state index in [4.69, 9.17) is 4.74 Å². The number of imidazole rings is 1. The Kier molecular flexibility index (Phi) is 6.47. The van der Waals surface area contributed by atoms with Gasteiger partial charge in [0, 0.05) is 24.8 Å². The standard InChI is InChI=1S/C28H33N5O3/c1-27(2,3)20-13-11-18(12-14-20)16-33-17-29-24-22(33)25(34)31-23(30-24)19-9-8-10-21(15-19)32(7)26(35)36-28(4,5)6/h8-15,17H,16H2,1-7H3,(H,30,31,34). The van der Waals surface area contributed by atoms with Crippen LogP contribution in [0.2, 0.25) is 0 Å². The average Bonchev–Trinajstić information content (AvgIpc) is 3.20. The van der Waals surface area contributed by atoms with Gasteiger partial charge < -0.3 is 14.3 Å². The van der Waals surface area contributed by atoms with Crippen molar-refractivity contribution in [2.24, 2.45) is 0 Å². The van der Waals surface area contributed by atoms with Crippen molar-refractivity contribution in [3.63, 3.8) is 0 Å². The van der Waals surface area contributed by atoms with Gasteiger partial charge in [0.05, 0.1) is 6.33 Å². The molecule has 0 fully saturated rings. The number of hydrogen-bond acceptors (Lipinski definition) is 5. The molecule has 2 aromatic heterocycles. The lowest BCUT2D eigenvalue weighted by atomic mass is 9.87. The van der Waals surface area contributed by atoms with Crippen LogP contribution in [0.15, 0.2) is 59.7 Å². The van der Waals surface area contributed by atoms with Gasteiger partial charge in [-0.1, -0.05) is 57.2 Å². The normalized spacial score (nSPS) is 12.1. The van der Waals surface area contributed by atoms with E-state index in [0.717, 1.165) is 5.56 Å². The van der Waals surface area contributed by atoms with E-state index < -0.39 is 11.7 Å². The molecule has 0 atom stereocenters. The van der Waals surface area contributed by atoms with E-state index in [1.165, 1.54) is 10.5 Å². The highest BCUT2D eigenvalue weighted by atomic mass is 16.6. The second-order valence-electron chi connectivity index (χ2n) is 11.0. The van der Waals surface area contributed by atoms with Crippen molar-refractivity contribution in [3.8, 4) is 11.4 Å². The third-order valence-corrected chi connectivity index (χ3v) is 5.83. The number of anilines is 1. The first kappa shape index (κ1) is 25.2. The van der Waals surface area contributed by atoms with Crippen molar-refractivity contribution in [3.05, 3.63) is 76.3 Å². The molecule has 2 heterocycles. The van der Waals surface area contributed by atoms with E-state index in [-0.39, 0.29) is 11.0 Å². The quantitative estimate of drug-likeness (QED) is 0.410. The van der Waals surface area contributed by atoms with Crippen LogP contribution < -0.4 is 10.5 Å². The fourth-order valence-electron chi connectivity index (χ4n) is 3.85. The van der Waals surface area contributed by atoms with Crippen molar-refractivity contribution >= 4 is 22.9 Å². The molecule has 36 heavy (non-hydrogen) atoms. The van der Waals surface area contributed by atoms with Gasteiger partial charge >= 0.3 is 6.09 Å². The molecule has 8 heteroatoms. The second-order valence-corrected chi connectivity index (χ2v) is 11.0. The Bertz CT molecular complexity index is 1450. The summed E-state index contributed by atoms with van der Waals surface area (Å²) >= 11 is 0. The predicted molar refractivity (Wildman–Crippen MR) is 142 cm³/mol. The highest BCUT2D eigenvalue weighted by Gasteiger charge is 2.21. The Hall–Kier alpha value is -3.94. The molecular formula is C28H33N5O3. The first-order valence-corrected chi connectivity index (χ1v) is 11.9. The maximum atomic E-state index is 13.1. The number of benzene rings is 2. The van der Waals surface area contributed by atoms with Crippen molar-refractivity contribution < 1.29 is 9.53 Å². The topological polar surface area (TPSA) is 93.1 Å². The van der Waals surface area contributed by atoms with Crippen molar-refractivity contribution in [2.45, 2.75) is 59.1 Å². The van der Waals surface area contributed by atoms with E-state index >= 15 is 0 Å². The Labute approximate surface area is 211 Å². The Morgan fingerprint density at radius 2 is 1.75 bits per heavy atom. The number of carbonyl (C=O) groups is 1. The highest BCUT2D eigenvalue weighted by Crippen LogP contribution is 2.25. The maximum Gasteiger partial charge on any atom is 0.414 e. The van der Waals surface area contributed by atoms with Crippen LogP contribution in [0.1, 0.15) is 52.7 Å².